The van der Waals surface area contributed by atoms with E-state index in [0.717, 1.165) is 11.3 Å². The molecular formula is C21H26N2O4S. The largest absolute Gasteiger partial charge is 0.493 e. The van der Waals surface area contributed by atoms with Crippen molar-refractivity contribution in [2.75, 3.05) is 34.1 Å². The number of benzene rings is 2. The molecule has 7 heteroatoms. The summed E-state index contributed by atoms with van der Waals surface area (Å²) in [5.74, 6) is 1.65. The standard InChI is InChI=1S/C21H26N2O4S/c1-23(2)20(24)13-27-18-10-7-16(11-19(18)26-3)12-22-21(25)17-8-5-15(6-9-17)14-28-4/h5-11H,12-14H2,1-4H3,(H,22,25). The Bertz CT molecular complexity index is 807. The molecule has 0 heterocycles. The monoisotopic (exact) mass is 402 g/mol. The van der Waals surface area contributed by atoms with Crippen molar-refractivity contribution in [3.63, 3.8) is 0 Å². The van der Waals surface area contributed by atoms with Gasteiger partial charge in [0.25, 0.3) is 11.8 Å². The normalized spacial score (nSPS) is 10.3. The molecule has 0 spiro atoms. The Morgan fingerprint density at radius 1 is 1.04 bits per heavy atom. The first kappa shape index (κ1) is 21.6. The number of hydrogen-bond donors (Lipinski definition) is 1. The maximum atomic E-state index is 12.3. The molecule has 0 unspecified atom stereocenters. The van der Waals surface area contributed by atoms with Crippen molar-refractivity contribution in [3.8, 4) is 11.5 Å². The molecular weight excluding hydrogens is 376 g/mol. The van der Waals surface area contributed by atoms with Crippen LogP contribution in [0.1, 0.15) is 21.5 Å². The Hall–Kier alpha value is -2.67. The average Bonchev–Trinajstić information content (AvgIpc) is 2.71. The Kier molecular flexibility index (Phi) is 8.19. The fraction of sp³-hybridized carbons (Fsp3) is 0.333. The van der Waals surface area contributed by atoms with Gasteiger partial charge in [-0.1, -0.05) is 18.2 Å². The van der Waals surface area contributed by atoms with E-state index in [1.54, 1.807) is 38.0 Å². The van der Waals surface area contributed by atoms with Gasteiger partial charge in [-0.15, -0.1) is 0 Å². The van der Waals surface area contributed by atoms with Crippen molar-refractivity contribution in [2.24, 2.45) is 0 Å². The number of likely N-dealkylation sites (N-methyl/N-ethyl adjacent to an activating group) is 1. The first-order valence-corrected chi connectivity index (χ1v) is 10.2. The van der Waals surface area contributed by atoms with E-state index in [0.29, 0.717) is 23.6 Å². The van der Waals surface area contributed by atoms with Crippen LogP contribution in [0.15, 0.2) is 42.5 Å². The summed E-state index contributed by atoms with van der Waals surface area (Å²) < 4.78 is 10.9. The Morgan fingerprint density at radius 2 is 1.71 bits per heavy atom. The van der Waals surface area contributed by atoms with Crippen molar-refractivity contribution < 1.29 is 19.1 Å². The van der Waals surface area contributed by atoms with E-state index in [9.17, 15) is 9.59 Å². The molecule has 6 nitrogen and oxygen atoms in total. The highest BCUT2D eigenvalue weighted by atomic mass is 32.2. The SMILES string of the molecule is COc1cc(CNC(=O)c2ccc(CSC)cc2)ccc1OCC(=O)N(C)C. The van der Waals surface area contributed by atoms with Crippen molar-refractivity contribution in [3.05, 3.63) is 59.2 Å². The number of ether oxygens (including phenoxy) is 2. The van der Waals surface area contributed by atoms with E-state index in [4.69, 9.17) is 9.47 Å². The fourth-order valence-electron chi connectivity index (χ4n) is 2.41. The van der Waals surface area contributed by atoms with Gasteiger partial charge in [-0.05, 0) is 41.6 Å². The van der Waals surface area contributed by atoms with Gasteiger partial charge in [0.2, 0.25) is 0 Å². The summed E-state index contributed by atoms with van der Waals surface area (Å²) in [6, 6.07) is 13.0. The van der Waals surface area contributed by atoms with Crippen molar-refractivity contribution in [2.45, 2.75) is 12.3 Å². The molecule has 0 bridgehead atoms. The van der Waals surface area contributed by atoms with Gasteiger partial charge in [0, 0.05) is 32.0 Å². The fourth-order valence-corrected chi connectivity index (χ4v) is 2.94. The van der Waals surface area contributed by atoms with Crippen LogP contribution in [0.5, 0.6) is 11.5 Å². The molecule has 2 aromatic rings. The molecule has 0 saturated carbocycles. The van der Waals surface area contributed by atoms with Gasteiger partial charge >= 0.3 is 0 Å². The van der Waals surface area contributed by atoms with Gasteiger partial charge in [0.05, 0.1) is 7.11 Å². The number of carbonyl (C=O) groups excluding carboxylic acids is 2. The molecule has 28 heavy (non-hydrogen) atoms. The molecule has 2 amide bonds. The number of thioether (sulfide) groups is 1. The molecule has 0 aliphatic heterocycles. The van der Waals surface area contributed by atoms with Gasteiger partial charge in [-0.25, -0.2) is 0 Å². The van der Waals surface area contributed by atoms with Crippen LogP contribution in [0.4, 0.5) is 0 Å². The molecule has 1 N–H and O–H groups in total. The number of methoxy groups -OCH3 is 1. The van der Waals surface area contributed by atoms with Gasteiger partial charge in [-0.3, -0.25) is 9.59 Å². The molecule has 0 atom stereocenters. The summed E-state index contributed by atoms with van der Waals surface area (Å²) in [4.78, 5) is 25.5. The van der Waals surface area contributed by atoms with E-state index in [1.165, 1.54) is 17.6 Å². The van der Waals surface area contributed by atoms with E-state index in [1.807, 2.05) is 36.6 Å². The quantitative estimate of drug-likeness (QED) is 0.698. The Balaban J connectivity index is 1.96. The second-order valence-corrected chi connectivity index (χ2v) is 7.24. The van der Waals surface area contributed by atoms with Crippen LogP contribution in [-0.2, 0) is 17.1 Å². The third-order valence-electron chi connectivity index (χ3n) is 4.06. The van der Waals surface area contributed by atoms with Crippen LogP contribution in [0.25, 0.3) is 0 Å². The summed E-state index contributed by atoms with van der Waals surface area (Å²) in [7, 11) is 4.88. The first-order valence-electron chi connectivity index (χ1n) is 8.80. The minimum atomic E-state index is -0.137. The lowest BCUT2D eigenvalue weighted by Gasteiger charge is -2.14. The number of nitrogens with zero attached hydrogens (tertiary/aromatic N) is 1. The molecule has 0 radical (unpaired) electrons. The smallest absolute Gasteiger partial charge is 0.259 e. The number of rotatable bonds is 9. The maximum absolute atomic E-state index is 12.3. The van der Waals surface area contributed by atoms with E-state index in [-0.39, 0.29) is 18.4 Å². The second kappa shape index (κ2) is 10.6. The summed E-state index contributed by atoms with van der Waals surface area (Å²) in [5.41, 5.74) is 2.69. The lowest BCUT2D eigenvalue weighted by molar-refractivity contribution is -0.130. The summed E-state index contributed by atoms with van der Waals surface area (Å²) >= 11 is 1.74. The summed E-state index contributed by atoms with van der Waals surface area (Å²) in [5, 5.41) is 2.90. The second-order valence-electron chi connectivity index (χ2n) is 6.37. The molecule has 0 aliphatic rings. The Labute approximate surface area is 170 Å². The number of nitrogens with one attached hydrogen (secondary N) is 1. The van der Waals surface area contributed by atoms with Crippen LogP contribution >= 0.6 is 11.8 Å². The number of carbonyl (C=O) groups is 2. The lowest BCUT2D eigenvalue weighted by atomic mass is 10.1. The van der Waals surface area contributed by atoms with Crippen LogP contribution in [0.2, 0.25) is 0 Å². The van der Waals surface area contributed by atoms with Gasteiger partial charge in [-0.2, -0.15) is 11.8 Å². The molecule has 0 aromatic heterocycles. The molecule has 2 rings (SSSR count). The highest BCUT2D eigenvalue weighted by molar-refractivity contribution is 7.97. The van der Waals surface area contributed by atoms with Crippen LogP contribution in [0.3, 0.4) is 0 Å². The van der Waals surface area contributed by atoms with E-state index < -0.39 is 0 Å². The third kappa shape index (κ3) is 6.20. The van der Waals surface area contributed by atoms with E-state index in [2.05, 4.69) is 5.32 Å². The lowest BCUT2D eigenvalue weighted by Crippen LogP contribution is -2.27. The predicted molar refractivity (Wildman–Crippen MR) is 112 cm³/mol. The molecule has 0 aliphatic carbocycles. The predicted octanol–water partition coefficient (Wildman–Crippen LogP) is 2.96. The van der Waals surface area contributed by atoms with Crippen LogP contribution in [0, 0.1) is 0 Å². The van der Waals surface area contributed by atoms with Crippen LogP contribution in [-0.4, -0.2) is 50.8 Å². The summed E-state index contributed by atoms with van der Waals surface area (Å²) in [6.07, 6.45) is 2.05. The van der Waals surface area contributed by atoms with E-state index >= 15 is 0 Å². The average molecular weight is 403 g/mol. The zero-order chi connectivity index (χ0) is 20.5. The highest BCUT2D eigenvalue weighted by Crippen LogP contribution is 2.28. The summed E-state index contributed by atoms with van der Waals surface area (Å²) in [6.45, 7) is 0.296. The molecule has 2 aromatic carbocycles. The van der Waals surface area contributed by atoms with Crippen molar-refractivity contribution >= 4 is 23.6 Å². The zero-order valence-electron chi connectivity index (χ0n) is 16.7. The Morgan fingerprint density at radius 3 is 2.32 bits per heavy atom. The van der Waals surface area contributed by atoms with Crippen LogP contribution < -0.4 is 14.8 Å². The molecule has 0 fully saturated rings. The highest BCUT2D eigenvalue weighted by Gasteiger charge is 2.11. The number of hydrogen-bond acceptors (Lipinski definition) is 5. The molecule has 150 valence electrons. The molecule has 0 saturated heterocycles. The first-order chi connectivity index (χ1) is 13.4. The van der Waals surface area contributed by atoms with Gasteiger partial charge < -0.3 is 19.7 Å². The third-order valence-corrected chi connectivity index (χ3v) is 4.68. The van der Waals surface area contributed by atoms with Gasteiger partial charge in [0.15, 0.2) is 18.1 Å². The maximum Gasteiger partial charge on any atom is 0.259 e. The minimum absolute atomic E-state index is 0.0635. The van der Waals surface area contributed by atoms with Crippen molar-refractivity contribution in [1.82, 2.24) is 10.2 Å². The topological polar surface area (TPSA) is 67.9 Å². The van der Waals surface area contributed by atoms with Gasteiger partial charge in [0.1, 0.15) is 0 Å². The number of amides is 2. The van der Waals surface area contributed by atoms with Crippen molar-refractivity contribution in [1.29, 1.82) is 0 Å². The zero-order valence-corrected chi connectivity index (χ0v) is 17.5. The minimum Gasteiger partial charge on any atom is -0.493 e.